The normalized spacial score (nSPS) is 26.9. The number of carbonyl (C=O) groups is 1. The number of hydrogen-bond donors (Lipinski definition) is 10. The van der Waals surface area contributed by atoms with Crippen molar-refractivity contribution in [3.8, 4) is 0 Å². The Hall–Kier alpha value is -1.31. The molecule has 2 saturated heterocycles. The van der Waals surface area contributed by atoms with Crippen molar-refractivity contribution >= 4 is 5.91 Å². The topological polar surface area (TPSA) is 248 Å². The number of carbonyl (C=O) groups excluding carboxylic acids is 1. The molecule has 70 heavy (non-hydrogen) atoms. The third-order valence-corrected chi connectivity index (χ3v) is 14.6. The van der Waals surface area contributed by atoms with E-state index in [2.05, 4.69) is 26.1 Å². The van der Waals surface area contributed by atoms with Crippen molar-refractivity contribution in [3.63, 3.8) is 0 Å². The standard InChI is InChI=1S/C55H105NO14/c1-4-6-7-8-9-10-11-12-13-14-15-16-17-18-19-20-25-28-31-34-37-44(60)53(66)56-42(43(59)36-33-30-27-24-22-21-23-26-29-32-35-41(3)5-2)40-67-54-51(65)49(63)52(46(39-58)69-54)70-55-50(64)48(62)47(61)45(38-57)68-55/h33,36,41-52,54-55,57-65H,4-32,34-35,37-40H2,1-3H3,(H,56,66)/b36-33+/t41?,42?,43-,44?,45?,46?,47+,48?,49?,50?,51?,52-,54-,55+/m1/s1. The van der Waals surface area contributed by atoms with Crippen LogP contribution in [0.5, 0.6) is 0 Å². The summed E-state index contributed by atoms with van der Waals surface area (Å²) in [6, 6.07) is -1.09. The predicted octanol–water partition coefficient (Wildman–Crippen LogP) is 7.55. The fourth-order valence-electron chi connectivity index (χ4n) is 9.51. The van der Waals surface area contributed by atoms with E-state index in [9.17, 15) is 50.8 Å². The fourth-order valence-corrected chi connectivity index (χ4v) is 9.51. The highest BCUT2D eigenvalue weighted by Gasteiger charge is 2.51. The molecule has 0 bridgehead atoms. The maximum atomic E-state index is 13.3. The lowest BCUT2D eigenvalue weighted by Gasteiger charge is -2.46. The molecule has 2 aliphatic rings. The van der Waals surface area contributed by atoms with E-state index < -0.39 is 105 Å². The van der Waals surface area contributed by atoms with Gasteiger partial charge in [0.15, 0.2) is 12.6 Å². The number of hydrogen-bond acceptors (Lipinski definition) is 14. The summed E-state index contributed by atoms with van der Waals surface area (Å²) in [5.74, 6) is 0.129. The molecule has 0 aromatic carbocycles. The van der Waals surface area contributed by atoms with Gasteiger partial charge in [-0.2, -0.15) is 0 Å². The molecule has 0 aliphatic carbocycles. The van der Waals surface area contributed by atoms with Crippen LogP contribution in [0.25, 0.3) is 0 Å². The van der Waals surface area contributed by atoms with Gasteiger partial charge in [0.2, 0.25) is 5.91 Å². The summed E-state index contributed by atoms with van der Waals surface area (Å²) in [4.78, 5) is 13.3. The smallest absolute Gasteiger partial charge is 0.249 e. The fraction of sp³-hybridized carbons (Fsp3) is 0.945. The molecule has 10 N–H and O–H groups in total. The SMILES string of the molecule is CCCCCCCCCCCCCCCCCCCCCCC(O)C(=O)NC(CO[C@@H]1OC(CO)[C@@H](O[C@@H]2OC(CO)[C@H](O)C(O)C2O)C(O)C1O)[C@H](O)/C=C/CCCCCCCCCCC(C)CC. The number of aliphatic hydroxyl groups is 9. The molecule has 0 radical (unpaired) electrons. The molecule has 0 spiro atoms. The highest BCUT2D eigenvalue weighted by Crippen LogP contribution is 2.30. The molecule has 2 aliphatic heterocycles. The third kappa shape index (κ3) is 27.3. The van der Waals surface area contributed by atoms with Crippen molar-refractivity contribution in [2.75, 3.05) is 19.8 Å². The van der Waals surface area contributed by atoms with Gasteiger partial charge in [-0.1, -0.05) is 219 Å². The van der Waals surface area contributed by atoms with E-state index >= 15 is 0 Å². The van der Waals surface area contributed by atoms with Crippen molar-refractivity contribution < 1.29 is 69.7 Å². The van der Waals surface area contributed by atoms with Crippen LogP contribution < -0.4 is 5.32 Å². The second-order valence-corrected chi connectivity index (χ2v) is 20.8. The van der Waals surface area contributed by atoms with Crippen molar-refractivity contribution in [2.24, 2.45) is 5.92 Å². The van der Waals surface area contributed by atoms with Gasteiger partial charge >= 0.3 is 0 Å². The summed E-state index contributed by atoms with van der Waals surface area (Å²) in [5, 5.41) is 97.6. The van der Waals surface area contributed by atoms with Gasteiger partial charge in [0.05, 0.1) is 32.0 Å². The Morgan fingerprint density at radius 2 is 1.00 bits per heavy atom. The Labute approximate surface area is 423 Å². The number of ether oxygens (including phenoxy) is 4. The first-order valence-electron chi connectivity index (χ1n) is 28.4. The lowest BCUT2D eigenvalue weighted by molar-refractivity contribution is -0.359. The zero-order chi connectivity index (χ0) is 51.4. The van der Waals surface area contributed by atoms with Gasteiger partial charge in [-0.3, -0.25) is 4.79 Å². The molecule has 0 aromatic heterocycles. The molecular weight excluding hydrogens is 899 g/mol. The Balaban J connectivity index is 1.82. The van der Waals surface area contributed by atoms with Crippen LogP contribution in [0.4, 0.5) is 0 Å². The molecule has 414 valence electrons. The minimum absolute atomic E-state index is 0.257. The largest absolute Gasteiger partial charge is 0.394 e. The molecule has 14 atom stereocenters. The maximum absolute atomic E-state index is 13.3. The Kier molecular flexibility index (Phi) is 38.0. The van der Waals surface area contributed by atoms with Crippen LogP contribution in [0.1, 0.15) is 226 Å². The van der Waals surface area contributed by atoms with Gasteiger partial charge in [0.1, 0.15) is 54.9 Å². The first-order valence-corrected chi connectivity index (χ1v) is 28.4. The highest BCUT2D eigenvalue weighted by atomic mass is 16.7. The number of allylic oxidation sites excluding steroid dienone is 1. The van der Waals surface area contributed by atoms with E-state index in [0.717, 1.165) is 50.9 Å². The molecular formula is C55H105NO14. The minimum Gasteiger partial charge on any atom is -0.394 e. The number of unbranched alkanes of at least 4 members (excludes halogenated alkanes) is 27. The third-order valence-electron chi connectivity index (χ3n) is 14.6. The summed E-state index contributed by atoms with van der Waals surface area (Å²) in [6.45, 7) is 4.95. The van der Waals surface area contributed by atoms with Crippen molar-refractivity contribution in [3.05, 3.63) is 12.2 Å². The lowest BCUT2D eigenvalue weighted by Crippen LogP contribution is -2.65. The highest BCUT2D eigenvalue weighted by molar-refractivity contribution is 5.80. The van der Waals surface area contributed by atoms with Crippen LogP contribution in [0.2, 0.25) is 0 Å². The van der Waals surface area contributed by atoms with E-state index in [1.54, 1.807) is 6.08 Å². The van der Waals surface area contributed by atoms with Gasteiger partial charge in [-0.25, -0.2) is 0 Å². The first kappa shape index (κ1) is 64.8. The van der Waals surface area contributed by atoms with E-state index in [-0.39, 0.29) is 6.42 Å². The van der Waals surface area contributed by atoms with Gasteiger partial charge < -0.3 is 70.2 Å². The average Bonchev–Trinajstić information content (AvgIpc) is 3.36. The zero-order valence-electron chi connectivity index (χ0n) is 44.1. The molecule has 0 saturated carbocycles. The molecule has 0 aromatic rings. The number of aliphatic hydroxyl groups excluding tert-OH is 9. The van der Waals surface area contributed by atoms with E-state index in [1.165, 1.54) is 148 Å². The number of nitrogens with one attached hydrogen (secondary N) is 1. The average molecular weight is 1000 g/mol. The van der Waals surface area contributed by atoms with Crippen LogP contribution in [0.3, 0.4) is 0 Å². The van der Waals surface area contributed by atoms with Crippen LogP contribution in [0, 0.1) is 5.92 Å². The monoisotopic (exact) mass is 1000 g/mol. The second-order valence-electron chi connectivity index (χ2n) is 20.8. The van der Waals surface area contributed by atoms with Crippen LogP contribution in [-0.4, -0.2) is 151 Å². The molecule has 15 nitrogen and oxygen atoms in total. The summed E-state index contributed by atoms with van der Waals surface area (Å²) in [5.41, 5.74) is 0. The number of rotatable bonds is 44. The van der Waals surface area contributed by atoms with Crippen LogP contribution >= 0.6 is 0 Å². The number of amides is 1. The van der Waals surface area contributed by atoms with Gasteiger partial charge in [0, 0.05) is 0 Å². The summed E-state index contributed by atoms with van der Waals surface area (Å²) in [6.07, 6.45) is 22.8. The Bertz CT molecular complexity index is 1260. The Morgan fingerprint density at radius 3 is 1.49 bits per heavy atom. The van der Waals surface area contributed by atoms with Crippen LogP contribution in [0.15, 0.2) is 12.2 Å². The Morgan fingerprint density at radius 1 is 0.557 bits per heavy atom. The predicted molar refractivity (Wildman–Crippen MR) is 274 cm³/mol. The van der Waals surface area contributed by atoms with Crippen molar-refractivity contribution in [1.29, 1.82) is 0 Å². The van der Waals surface area contributed by atoms with Gasteiger partial charge in [-0.15, -0.1) is 0 Å². The minimum atomic E-state index is -1.81. The van der Waals surface area contributed by atoms with Crippen molar-refractivity contribution in [2.45, 2.75) is 306 Å². The van der Waals surface area contributed by atoms with E-state index in [4.69, 9.17) is 18.9 Å². The second kappa shape index (κ2) is 41.0. The molecule has 2 fully saturated rings. The molecule has 2 rings (SSSR count). The zero-order valence-corrected chi connectivity index (χ0v) is 44.1. The molecule has 2 heterocycles. The maximum Gasteiger partial charge on any atom is 0.249 e. The summed E-state index contributed by atoms with van der Waals surface area (Å²) < 4.78 is 22.6. The summed E-state index contributed by atoms with van der Waals surface area (Å²) >= 11 is 0. The van der Waals surface area contributed by atoms with Gasteiger partial charge in [0.25, 0.3) is 0 Å². The van der Waals surface area contributed by atoms with Crippen molar-refractivity contribution in [1.82, 2.24) is 5.32 Å². The van der Waals surface area contributed by atoms with Gasteiger partial charge in [-0.05, 0) is 25.2 Å². The van der Waals surface area contributed by atoms with E-state index in [0.29, 0.717) is 6.42 Å². The lowest BCUT2D eigenvalue weighted by atomic mass is 9.97. The van der Waals surface area contributed by atoms with E-state index in [1.807, 2.05) is 6.08 Å². The molecule has 9 unspecified atom stereocenters. The first-order chi connectivity index (χ1) is 33.9. The quantitative estimate of drug-likeness (QED) is 0.0209. The summed E-state index contributed by atoms with van der Waals surface area (Å²) in [7, 11) is 0. The van der Waals surface area contributed by atoms with Crippen LogP contribution in [-0.2, 0) is 23.7 Å². The molecule has 1 amide bonds. The molecule has 15 heteroatoms.